The van der Waals surface area contributed by atoms with Crippen molar-refractivity contribution >= 4 is 12.5 Å². The van der Waals surface area contributed by atoms with Crippen LogP contribution in [0.15, 0.2) is 30.5 Å². The Hall–Kier alpha value is -1.77. The van der Waals surface area contributed by atoms with E-state index in [-0.39, 0.29) is 0 Å². The van der Waals surface area contributed by atoms with Gasteiger partial charge >= 0.3 is 0 Å². The maximum absolute atomic E-state index is 10.2. The van der Waals surface area contributed by atoms with Gasteiger partial charge in [-0.2, -0.15) is 0 Å². The third-order valence-electron chi connectivity index (χ3n) is 2.05. The van der Waals surface area contributed by atoms with E-state index in [1.54, 1.807) is 5.01 Å². The highest BCUT2D eigenvalue weighted by atomic mass is 16.1. The number of carbonyl (C=O) groups excluding carboxylic acids is 1. The lowest BCUT2D eigenvalue weighted by Crippen LogP contribution is -2.33. The third-order valence-corrected chi connectivity index (χ3v) is 2.05. The summed E-state index contributed by atoms with van der Waals surface area (Å²) in [6.45, 7) is 0.728. The molecule has 1 N–H and O–H groups in total. The standard InChI is InChI=1S/C10H10N2O/c13-8-11-12-6-5-9-3-1-2-4-10(9)7-12/h1-6,8H,7H2,(H,11,13). The smallest absolute Gasteiger partial charge is 0.225 e. The van der Waals surface area contributed by atoms with Gasteiger partial charge in [0.25, 0.3) is 0 Å². The predicted molar refractivity (Wildman–Crippen MR) is 50.2 cm³/mol. The first kappa shape index (κ1) is 7.86. The molecule has 0 aliphatic carbocycles. The molecular weight excluding hydrogens is 164 g/mol. The number of carbonyl (C=O) groups is 1. The highest BCUT2D eigenvalue weighted by Crippen LogP contribution is 2.17. The van der Waals surface area contributed by atoms with Gasteiger partial charge in [-0.1, -0.05) is 24.3 Å². The SMILES string of the molecule is O=CNN1C=Cc2ccccc2C1. The van der Waals surface area contributed by atoms with Crippen LogP contribution in [0.2, 0.25) is 0 Å². The minimum Gasteiger partial charge on any atom is -0.289 e. The minimum atomic E-state index is 0.679. The molecule has 0 saturated heterocycles. The molecule has 3 heteroatoms. The zero-order chi connectivity index (χ0) is 9.10. The molecule has 1 aromatic carbocycles. The first-order valence-electron chi connectivity index (χ1n) is 4.13. The molecule has 1 aliphatic rings. The number of nitrogens with one attached hydrogen (secondary N) is 1. The molecule has 0 atom stereocenters. The van der Waals surface area contributed by atoms with Gasteiger partial charge in [-0.15, -0.1) is 0 Å². The van der Waals surface area contributed by atoms with E-state index in [1.807, 2.05) is 24.4 Å². The van der Waals surface area contributed by atoms with E-state index in [0.29, 0.717) is 6.41 Å². The molecule has 0 saturated carbocycles. The fourth-order valence-electron chi connectivity index (χ4n) is 1.40. The average molecular weight is 174 g/mol. The van der Waals surface area contributed by atoms with Gasteiger partial charge < -0.3 is 0 Å². The van der Waals surface area contributed by atoms with Crippen LogP contribution < -0.4 is 5.43 Å². The van der Waals surface area contributed by atoms with Crippen molar-refractivity contribution in [3.05, 3.63) is 41.6 Å². The van der Waals surface area contributed by atoms with Gasteiger partial charge in [0.15, 0.2) is 0 Å². The lowest BCUT2D eigenvalue weighted by Gasteiger charge is -2.23. The van der Waals surface area contributed by atoms with E-state index in [2.05, 4.69) is 17.6 Å². The summed E-state index contributed by atoms with van der Waals surface area (Å²) in [6.07, 6.45) is 4.52. The number of amides is 1. The fourth-order valence-corrected chi connectivity index (χ4v) is 1.40. The van der Waals surface area contributed by atoms with Crippen molar-refractivity contribution in [1.29, 1.82) is 0 Å². The van der Waals surface area contributed by atoms with Crippen molar-refractivity contribution in [2.45, 2.75) is 6.54 Å². The van der Waals surface area contributed by atoms with E-state index in [4.69, 9.17) is 0 Å². The summed E-state index contributed by atoms with van der Waals surface area (Å²) in [4.78, 5) is 10.2. The van der Waals surface area contributed by atoms with Crippen molar-refractivity contribution in [3.63, 3.8) is 0 Å². The molecule has 3 nitrogen and oxygen atoms in total. The second-order valence-corrected chi connectivity index (χ2v) is 2.89. The zero-order valence-electron chi connectivity index (χ0n) is 7.10. The first-order chi connectivity index (χ1) is 6.40. The Kier molecular flexibility index (Phi) is 2.00. The molecule has 0 aromatic heterocycles. The Balaban J connectivity index is 2.23. The Morgan fingerprint density at radius 2 is 2.23 bits per heavy atom. The normalized spacial score (nSPS) is 13.7. The Bertz CT molecular complexity index is 347. The third kappa shape index (κ3) is 1.54. The second kappa shape index (κ2) is 3.31. The molecule has 0 unspecified atom stereocenters. The molecule has 13 heavy (non-hydrogen) atoms. The number of nitrogens with zero attached hydrogens (tertiary/aromatic N) is 1. The minimum absolute atomic E-state index is 0.679. The van der Waals surface area contributed by atoms with Crippen LogP contribution in [0.5, 0.6) is 0 Å². The summed E-state index contributed by atoms with van der Waals surface area (Å²) in [5, 5.41) is 1.75. The molecule has 0 radical (unpaired) electrons. The molecular formula is C10H10N2O. The van der Waals surface area contributed by atoms with Gasteiger partial charge in [0.1, 0.15) is 0 Å². The zero-order valence-corrected chi connectivity index (χ0v) is 7.10. The molecule has 0 spiro atoms. The summed E-state index contributed by atoms with van der Waals surface area (Å²) in [5.41, 5.74) is 5.03. The van der Waals surface area contributed by atoms with Crippen LogP contribution in [0.1, 0.15) is 11.1 Å². The van der Waals surface area contributed by atoms with Crippen molar-refractivity contribution in [1.82, 2.24) is 10.4 Å². The van der Waals surface area contributed by atoms with Gasteiger partial charge in [-0.3, -0.25) is 15.2 Å². The molecule has 1 heterocycles. The van der Waals surface area contributed by atoms with Crippen molar-refractivity contribution in [2.24, 2.45) is 0 Å². The van der Waals surface area contributed by atoms with E-state index in [9.17, 15) is 4.79 Å². The molecule has 1 aromatic rings. The number of rotatable bonds is 2. The van der Waals surface area contributed by atoms with Gasteiger partial charge in [0.05, 0.1) is 6.54 Å². The lowest BCUT2D eigenvalue weighted by atomic mass is 10.1. The largest absolute Gasteiger partial charge is 0.289 e. The highest BCUT2D eigenvalue weighted by molar-refractivity contribution is 5.56. The Morgan fingerprint density at radius 1 is 1.38 bits per heavy atom. The highest BCUT2D eigenvalue weighted by Gasteiger charge is 2.07. The number of hydrogen-bond donors (Lipinski definition) is 1. The molecule has 0 fully saturated rings. The van der Waals surface area contributed by atoms with Gasteiger partial charge in [0.2, 0.25) is 6.41 Å². The molecule has 66 valence electrons. The molecule has 1 aliphatic heterocycles. The molecule has 0 bridgehead atoms. The fraction of sp³-hybridized carbons (Fsp3) is 0.100. The van der Waals surface area contributed by atoms with E-state index in [0.717, 1.165) is 6.54 Å². The van der Waals surface area contributed by atoms with Gasteiger partial charge in [0, 0.05) is 6.20 Å². The maximum Gasteiger partial charge on any atom is 0.225 e. The van der Waals surface area contributed by atoms with E-state index < -0.39 is 0 Å². The van der Waals surface area contributed by atoms with Crippen LogP contribution in [-0.4, -0.2) is 11.4 Å². The van der Waals surface area contributed by atoms with Crippen molar-refractivity contribution in [2.75, 3.05) is 0 Å². The second-order valence-electron chi connectivity index (χ2n) is 2.89. The van der Waals surface area contributed by atoms with Gasteiger partial charge in [-0.05, 0) is 17.2 Å². The van der Waals surface area contributed by atoms with Gasteiger partial charge in [-0.25, -0.2) is 0 Å². The summed E-state index contributed by atoms with van der Waals surface area (Å²) >= 11 is 0. The quantitative estimate of drug-likeness (QED) is 0.682. The maximum atomic E-state index is 10.2. The summed E-state index contributed by atoms with van der Waals surface area (Å²) in [6, 6.07) is 8.12. The van der Waals surface area contributed by atoms with E-state index >= 15 is 0 Å². The number of benzene rings is 1. The Morgan fingerprint density at radius 3 is 3.08 bits per heavy atom. The van der Waals surface area contributed by atoms with Crippen LogP contribution in [0.3, 0.4) is 0 Å². The number of hydrazine groups is 1. The van der Waals surface area contributed by atoms with Crippen LogP contribution in [-0.2, 0) is 11.3 Å². The summed E-state index contributed by atoms with van der Waals surface area (Å²) < 4.78 is 0. The predicted octanol–water partition coefficient (Wildman–Crippen LogP) is 1.13. The van der Waals surface area contributed by atoms with Crippen LogP contribution in [0, 0.1) is 0 Å². The first-order valence-corrected chi connectivity index (χ1v) is 4.13. The lowest BCUT2D eigenvalue weighted by molar-refractivity contribution is -0.112. The Labute approximate surface area is 76.6 Å². The summed E-state index contributed by atoms with van der Waals surface area (Å²) in [7, 11) is 0. The molecule has 1 amide bonds. The van der Waals surface area contributed by atoms with Crippen molar-refractivity contribution < 1.29 is 4.79 Å². The summed E-state index contributed by atoms with van der Waals surface area (Å²) in [5.74, 6) is 0. The van der Waals surface area contributed by atoms with E-state index in [1.165, 1.54) is 11.1 Å². The monoisotopic (exact) mass is 174 g/mol. The molecule has 2 rings (SSSR count). The van der Waals surface area contributed by atoms with Crippen molar-refractivity contribution in [3.8, 4) is 0 Å². The van der Waals surface area contributed by atoms with Crippen LogP contribution in [0.4, 0.5) is 0 Å². The topological polar surface area (TPSA) is 32.3 Å². The number of fused-ring (bicyclic) bond motifs is 1. The number of hydrogen-bond acceptors (Lipinski definition) is 2. The van der Waals surface area contributed by atoms with Crippen LogP contribution >= 0.6 is 0 Å². The van der Waals surface area contributed by atoms with Crippen LogP contribution in [0.25, 0.3) is 6.08 Å². The average Bonchev–Trinajstić information content (AvgIpc) is 2.18.